The van der Waals surface area contributed by atoms with Gasteiger partial charge in [0.25, 0.3) is 0 Å². The Balaban J connectivity index is 2.02. The average molecular weight is 346 g/mol. The highest BCUT2D eigenvalue weighted by Crippen LogP contribution is 2.31. The fraction of sp³-hybridized carbons (Fsp3) is 0.286. The van der Waals surface area contributed by atoms with Crippen molar-refractivity contribution in [2.24, 2.45) is 0 Å². The minimum Gasteiger partial charge on any atom is -0.325 e. The maximum absolute atomic E-state index is 12.6. The summed E-state index contributed by atoms with van der Waals surface area (Å²) >= 11 is 2.71. The van der Waals surface area contributed by atoms with E-state index in [0.717, 1.165) is 22.2 Å². The molecule has 2 aromatic rings. The molecule has 1 heterocycles. The van der Waals surface area contributed by atoms with E-state index in [1.54, 1.807) is 6.92 Å². The average Bonchev–Trinajstić information content (AvgIpc) is 2.83. The number of thioether (sulfide) groups is 1. The molecule has 0 spiro atoms. The first-order valence-electron chi connectivity index (χ1n) is 6.32. The summed E-state index contributed by atoms with van der Waals surface area (Å²) in [5.41, 5.74) is 0.210. The minimum atomic E-state index is -4.43. The number of thiazole rings is 1. The Morgan fingerprint density at radius 2 is 2.14 bits per heavy atom. The molecule has 118 valence electrons. The summed E-state index contributed by atoms with van der Waals surface area (Å²) in [6.07, 6.45) is -4.43. The van der Waals surface area contributed by atoms with Crippen molar-refractivity contribution < 1.29 is 18.0 Å². The molecule has 0 aliphatic carbocycles. The fourth-order valence-electron chi connectivity index (χ4n) is 1.61. The van der Waals surface area contributed by atoms with E-state index in [2.05, 4.69) is 10.3 Å². The Morgan fingerprint density at radius 3 is 2.73 bits per heavy atom. The molecule has 1 atom stereocenters. The molecule has 0 saturated carbocycles. The fourth-order valence-corrected chi connectivity index (χ4v) is 3.59. The number of nitrogens with zero attached hydrogens (tertiary/aromatic N) is 1. The number of amides is 1. The molecule has 22 heavy (non-hydrogen) atoms. The van der Waals surface area contributed by atoms with Gasteiger partial charge in [-0.05, 0) is 32.0 Å². The number of anilines is 1. The topological polar surface area (TPSA) is 42.0 Å². The molecule has 1 aromatic heterocycles. The quantitative estimate of drug-likeness (QED) is 0.824. The van der Waals surface area contributed by atoms with E-state index in [1.807, 2.05) is 12.3 Å². The molecular formula is C14H13F3N2OS2. The first kappa shape index (κ1) is 16.8. The van der Waals surface area contributed by atoms with Gasteiger partial charge in [0.15, 0.2) is 4.34 Å². The number of aromatic nitrogens is 1. The van der Waals surface area contributed by atoms with Crippen molar-refractivity contribution in [3.63, 3.8) is 0 Å². The maximum atomic E-state index is 12.6. The lowest BCUT2D eigenvalue weighted by Gasteiger charge is -2.12. The zero-order chi connectivity index (χ0) is 16.3. The van der Waals surface area contributed by atoms with E-state index in [9.17, 15) is 18.0 Å². The molecular weight excluding hydrogens is 333 g/mol. The van der Waals surface area contributed by atoms with Gasteiger partial charge in [-0.25, -0.2) is 4.98 Å². The van der Waals surface area contributed by atoms with Crippen molar-refractivity contribution in [3.05, 3.63) is 40.9 Å². The van der Waals surface area contributed by atoms with Gasteiger partial charge in [0.1, 0.15) is 0 Å². The van der Waals surface area contributed by atoms with Crippen LogP contribution in [0.2, 0.25) is 0 Å². The molecule has 0 radical (unpaired) electrons. The number of alkyl halides is 3. The summed E-state index contributed by atoms with van der Waals surface area (Å²) in [7, 11) is 0. The molecule has 0 aliphatic rings. The molecule has 0 fully saturated rings. The van der Waals surface area contributed by atoms with Crippen molar-refractivity contribution in [1.82, 2.24) is 4.98 Å². The first-order valence-corrected chi connectivity index (χ1v) is 8.08. The zero-order valence-corrected chi connectivity index (χ0v) is 13.4. The second-order valence-electron chi connectivity index (χ2n) is 4.58. The van der Waals surface area contributed by atoms with Gasteiger partial charge in [-0.2, -0.15) is 13.2 Å². The van der Waals surface area contributed by atoms with Gasteiger partial charge in [-0.1, -0.05) is 17.8 Å². The lowest BCUT2D eigenvalue weighted by molar-refractivity contribution is -0.137. The number of carbonyl (C=O) groups excluding carboxylic acids is 1. The van der Waals surface area contributed by atoms with Crippen molar-refractivity contribution in [2.75, 3.05) is 5.32 Å². The third-order valence-electron chi connectivity index (χ3n) is 2.70. The lowest BCUT2D eigenvalue weighted by Crippen LogP contribution is -2.22. The van der Waals surface area contributed by atoms with Crippen LogP contribution in [0, 0.1) is 6.92 Å². The molecule has 1 amide bonds. The number of rotatable bonds is 4. The Bertz CT molecular complexity index is 670. The lowest BCUT2D eigenvalue weighted by atomic mass is 10.2. The van der Waals surface area contributed by atoms with E-state index in [4.69, 9.17) is 0 Å². The van der Waals surface area contributed by atoms with Crippen molar-refractivity contribution in [1.29, 1.82) is 0 Å². The van der Waals surface area contributed by atoms with Crippen LogP contribution in [0.4, 0.5) is 18.9 Å². The Hall–Kier alpha value is -1.54. The van der Waals surface area contributed by atoms with Crippen LogP contribution in [0.1, 0.15) is 18.2 Å². The second-order valence-corrected chi connectivity index (χ2v) is 7.03. The largest absolute Gasteiger partial charge is 0.416 e. The van der Waals surface area contributed by atoms with Gasteiger partial charge in [0.05, 0.1) is 10.8 Å². The van der Waals surface area contributed by atoms with Gasteiger partial charge >= 0.3 is 6.18 Å². The van der Waals surface area contributed by atoms with Crippen molar-refractivity contribution in [2.45, 2.75) is 29.6 Å². The minimum absolute atomic E-state index is 0.127. The third-order valence-corrected chi connectivity index (χ3v) is 4.89. The van der Waals surface area contributed by atoms with E-state index >= 15 is 0 Å². The number of benzene rings is 1. The molecule has 2 rings (SSSR count). The summed E-state index contributed by atoms with van der Waals surface area (Å²) in [5, 5.41) is 3.91. The number of aryl methyl sites for hydroxylation is 1. The van der Waals surface area contributed by atoms with Crippen LogP contribution in [0.25, 0.3) is 0 Å². The highest BCUT2D eigenvalue weighted by Gasteiger charge is 2.30. The van der Waals surface area contributed by atoms with Crippen LogP contribution in [-0.4, -0.2) is 16.1 Å². The normalized spacial score (nSPS) is 13.0. The van der Waals surface area contributed by atoms with Gasteiger partial charge in [-0.15, -0.1) is 11.3 Å². The predicted molar refractivity (Wildman–Crippen MR) is 82.2 cm³/mol. The predicted octanol–water partition coefficient (Wildman–Crippen LogP) is 4.59. The van der Waals surface area contributed by atoms with Crippen LogP contribution >= 0.6 is 23.1 Å². The Labute approximate surface area is 134 Å². The summed E-state index contributed by atoms with van der Waals surface area (Å²) in [6.45, 7) is 3.54. The maximum Gasteiger partial charge on any atom is 0.416 e. The smallest absolute Gasteiger partial charge is 0.325 e. The molecule has 3 nitrogen and oxygen atoms in total. The number of carbonyl (C=O) groups is 1. The van der Waals surface area contributed by atoms with Crippen LogP contribution in [-0.2, 0) is 11.0 Å². The second kappa shape index (κ2) is 6.70. The SMILES string of the molecule is Cc1csc(S[C@H](C)C(=O)Nc2cccc(C(F)(F)F)c2)n1. The Kier molecular flexibility index (Phi) is 5.12. The van der Waals surface area contributed by atoms with E-state index in [-0.39, 0.29) is 11.6 Å². The number of nitrogens with one attached hydrogen (secondary N) is 1. The van der Waals surface area contributed by atoms with Crippen LogP contribution in [0.15, 0.2) is 34.0 Å². The van der Waals surface area contributed by atoms with Gasteiger partial charge in [-0.3, -0.25) is 4.79 Å². The summed E-state index contributed by atoms with van der Waals surface area (Å²) < 4.78 is 38.6. The summed E-state index contributed by atoms with van der Waals surface area (Å²) in [6, 6.07) is 4.58. The van der Waals surface area contributed by atoms with E-state index in [0.29, 0.717) is 0 Å². The first-order chi connectivity index (χ1) is 10.3. The molecule has 0 saturated heterocycles. The molecule has 0 unspecified atom stereocenters. The van der Waals surface area contributed by atoms with Crippen LogP contribution < -0.4 is 5.32 Å². The van der Waals surface area contributed by atoms with Gasteiger partial charge < -0.3 is 5.32 Å². The summed E-state index contributed by atoms with van der Waals surface area (Å²) in [5.74, 6) is -0.364. The zero-order valence-electron chi connectivity index (χ0n) is 11.8. The molecule has 0 aliphatic heterocycles. The molecule has 8 heteroatoms. The monoisotopic (exact) mass is 346 g/mol. The number of halogens is 3. The van der Waals surface area contributed by atoms with Crippen molar-refractivity contribution in [3.8, 4) is 0 Å². The number of hydrogen-bond acceptors (Lipinski definition) is 4. The van der Waals surface area contributed by atoms with Crippen LogP contribution in [0.5, 0.6) is 0 Å². The van der Waals surface area contributed by atoms with E-state index in [1.165, 1.54) is 35.2 Å². The highest BCUT2D eigenvalue weighted by molar-refractivity contribution is 8.02. The number of hydrogen-bond donors (Lipinski definition) is 1. The molecule has 1 aromatic carbocycles. The van der Waals surface area contributed by atoms with Crippen LogP contribution in [0.3, 0.4) is 0 Å². The standard InChI is InChI=1S/C14H13F3N2OS2/c1-8-7-21-13(18-8)22-9(2)12(20)19-11-5-3-4-10(6-11)14(15,16)17/h3-7,9H,1-2H3,(H,19,20)/t9-/m1/s1. The molecule has 0 bridgehead atoms. The highest BCUT2D eigenvalue weighted by atomic mass is 32.2. The van der Waals surface area contributed by atoms with E-state index < -0.39 is 17.0 Å². The summed E-state index contributed by atoms with van der Waals surface area (Å²) in [4.78, 5) is 16.3. The van der Waals surface area contributed by atoms with Gasteiger partial charge in [0.2, 0.25) is 5.91 Å². The van der Waals surface area contributed by atoms with Gasteiger partial charge in [0, 0.05) is 16.8 Å². The van der Waals surface area contributed by atoms with Crippen molar-refractivity contribution >= 4 is 34.7 Å². The third kappa shape index (κ3) is 4.48. The molecule has 1 N–H and O–H groups in total. The Morgan fingerprint density at radius 1 is 1.41 bits per heavy atom.